The van der Waals surface area contributed by atoms with Crippen LogP contribution in [-0.2, 0) is 4.79 Å². The van der Waals surface area contributed by atoms with Crippen LogP contribution in [0.3, 0.4) is 0 Å². The third-order valence-electron chi connectivity index (χ3n) is 4.16. The number of rotatable bonds is 3. The minimum atomic E-state index is -0.668. The van der Waals surface area contributed by atoms with Crippen LogP contribution in [-0.4, -0.2) is 22.8 Å². The lowest BCUT2D eigenvalue weighted by Crippen LogP contribution is -2.56. The maximum atomic E-state index is 13.2. The normalized spacial score (nSPS) is 18.5. The summed E-state index contributed by atoms with van der Waals surface area (Å²) in [7, 11) is 0. The summed E-state index contributed by atoms with van der Waals surface area (Å²) in [5, 5.41) is 14.2. The summed E-state index contributed by atoms with van der Waals surface area (Å²) in [5.41, 5.74) is 1.11. The maximum Gasteiger partial charge on any atom is 0.271 e. The quantitative estimate of drug-likeness (QED) is 0.528. The number of nitro benzene ring substituents is 1. The van der Waals surface area contributed by atoms with Crippen LogP contribution in [0.1, 0.15) is 13.8 Å². The van der Waals surface area contributed by atoms with Crippen LogP contribution in [0.4, 0.5) is 27.1 Å². The van der Waals surface area contributed by atoms with Crippen molar-refractivity contribution in [1.29, 1.82) is 0 Å². The van der Waals surface area contributed by atoms with Gasteiger partial charge in [-0.3, -0.25) is 10.1 Å². The van der Waals surface area contributed by atoms with E-state index < -0.39 is 16.5 Å². The molecular weight excluding hydrogens is 313 g/mol. The van der Waals surface area contributed by atoms with Crippen molar-refractivity contribution in [1.82, 2.24) is 0 Å². The summed E-state index contributed by atoms with van der Waals surface area (Å²) in [4.78, 5) is 24.1. The van der Waals surface area contributed by atoms with Crippen LogP contribution in [0.25, 0.3) is 0 Å². The second-order valence-corrected chi connectivity index (χ2v) is 6.23. The Bertz CT molecular complexity index is 805. The number of anilines is 3. The molecule has 0 aliphatic carbocycles. The molecule has 0 amide bonds. The summed E-state index contributed by atoms with van der Waals surface area (Å²) in [6, 6.07) is 9.66. The molecule has 1 aliphatic rings. The van der Waals surface area contributed by atoms with Gasteiger partial charge in [0.2, 0.25) is 0 Å². The topological polar surface area (TPSA) is 75.5 Å². The van der Waals surface area contributed by atoms with Gasteiger partial charge in [0.1, 0.15) is 18.1 Å². The molecule has 0 saturated heterocycles. The van der Waals surface area contributed by atoms with Crippen LogP contribution in [0.5, 0.6) is 0 Å². The van der Waals surface area contributed by atoms with Crippen molar-refractivity contribution >= 4 is 29.0 Å². The fourth-order valence-corrected chi connectivity index (χ4v) is 2.97. The molecule has 124 valence electrons. The lowest BCUT2D eigenvalue weighted by Gasteiger charge is -2.46. The van der Waals surface area contributed by atoms with Gasteiger partial charge in [0, 0.05) is 17.8 Å². The number of aldehydes is 1. The average Bonchev–Trinajstić information content (AvgIpc) is 2.53. The third kappa shape index (κ3) is 2.58. The first-order valence-electron chi connectivity index (χ1n) is 7.40. The highest BCUT2D eigenvalue weighted by Gasteiger charge is 2.41. The van der Waals surface area contributed by atoms with E-state index in [-0.39, 0.29) is 11.5 Å². The van der Waals surface area contributed by atoms with Crippen molar-refractivity contribution in [3.63, 3.8) is 0 Å². The molecule has 1 atom stereocenters. The van der Waals surface area contributed by atoms with Crippen molar-refractivity contribution < 1.29 is 14.1 Å². The molecule has 1 heterocycles. The molecule has 0 fully saturated rings. The summed E-state index contributed by atoms with van der Waals surface area (Å²) in [6.45, 7) is 3.68. The number of hydrogen-bond acceptors (Lipinski definition) is 5. The number of fused-ring (bicyclic) bond motifs is 1. The molecule has 0 spiro atoms. The van der Waals surface area contributed by atoms with Crippen molar-refractivity contribution in [3.8, 4) is 0 Å². The Morgan fingerprint density at radius 2 is 1.92 bits per heavy atom. The van der Waals surface area contributed by atoms with E-state index in [1.807, 2.05) is 13.8 Å². The molecule has 0 bridgehead atoms. The van der Waals surface area contributed by atoms with Crippen LogP contribution < -0.4 is 10.2 Å². The number of carbonyl (C=O) groups is 1. The first kappa shape index (κ1) is 15.9. The van der Waals surface area contributed by atoms with Crippen molar-refractivity contribution in [2.75, 3.05) is 10.2 Å². The first-order valence-corrected chi connectivity index (χ1v) is 7.40. The molecule has 0 saturated carbocycles. The number of hydrogen-bond donors (Lipinski definition) is 1. The molecule has 1 aliphatic heterocycles. The fraction of sp³-hybridized carbons (Fsp3) is 0.235. The summed E-state index contributed by atoms with van der Waals surface area (Å²) in [6.07, 6.45) is 0.820. The minimum absolute atomic E-state index is 0.0411. The molecule has 3 rings (SSSR count). The number of nitrogens with zero attached hydrogens (tertiary/aromatic N) is 2. The van der Waals surface area contributed by atoms with Crippen LogP contribution in [0, 0.1) is 15.9 Å². The standard InChI is InChI=1S/C17H16FN3O3/c1-17(2)16(10-22)20(12-5-3-11(18)4-6-12)15-8-7-13(21(23)24)9-14(15)19-17/h3-10,16,19H,1-2H3. The fourth-order valence-electron chi connectivity index (χ4n) is 2.97. The van der Waals surface area contributed by atoms with Gasteiger partial charge >= 0.3 is 0 Å². The van der Waals surface area contributed by atoms with Crippen LogP contribution in [0.2, 0.25) is 0 Å². The number of benzene rings is 2. The van der Waals surface area contributed by atoms with Gasteiger partial charge in [-0.15, -0.1) is 0 Å². The second kappa shape index (κ2) is 5.59. The van der Waals surface area contributed by atoms with E-state index in [9.17, 15) is 19.3 Å². The summed E-state index contributed by atoms with van der Waals surface area (Å²) in [5.74, 6) is -0.375. The zero-order chi connectivity index (χ0) is 17.5. The van der Waals surface area contributed by atoms with Gasteiger partial charge in [0.15, 0.2) is 0 Å². The molecule has 0 radical (unpaired) electrons. The summed E-state index contributed by atoms with van der Waals surface area (Å²) >= 11 is 0. The SMILES string of the molecule is CC1(C)Nc2cc([N+](=O)[O-])ccc2N(c2ccc(F)cc2)C1C=O. The van der Waals surface area contributed by atoms with E-state index >= 15 is 0 Å². The average molecular weight is 329 g/mol. The largest absolute Gasteiger partial charge is 0.376 e. The highest BCUT2D eigenvalue weighted by Crippen LogP contribution is 2.43. The molecule has 2 aromatic carbocycles. The molecule has 1 unspecified atom stereocenters. The van der Waals surface area contributed by atoms with Gasteiger partial charge < -0.3 is 15.0 Å². The van der Waals surface area contributed by atoms with E-state index in [4.69, 9.17) is 0 Å². The van der Waals surface area contributed by atoms with E-state index in [0.29, 0.717) is 17.1 Å². The first-order chi connectivity index (χ1) is 11.3. The van der Waals surface area contributed by atoms with Gasteiger partial charge in [-0.25, -0.2) is 4.39 Å². The number of carbonyl (C=O) groups excluding carboxylic acids is 1. The van der Waals surface area contributed by atoms with Gasteiger partial charge in [-0.1, -0.05) is 0 Å². The van der Waals surface area contributed by atoms with Gasteiger partial charge in [-0.05, 0) is 44.2 Å². The third-order valence-corrected chi connectivity index (χ3v) is 4.16. The zero-order valence-electron chi connectivity index (χ0n) is 13.2. The van der Waals surface area contributed by atoms with Crippen molar-refractivity contribution in [2.24, 2.45) is 0 Å². The smallest absolute Gasteiger partial charge is 0.271 e. The number of nitrogens with one attached hydrogen (secondary N) is 1. The monoisotopic (exact) mass is 329 g/mol. The second-order valence-electron chi connectivity index (χ2n) is 6.23. The Kier molecular flexibility index (Phi) is 3.71. The highest BCUT2D eigenvalue weighted by atomic mass is 19.1. The van der Waals surface area contributed by atoms with Crippen molar-refractivity contribution in [3.05, 3.63) is 58.4 Å². The van der Waals surface area contributed by atoms with Crippen LogP contribution in [0.15, 0.2) is 42.5 Å². The minimum Gasteiger partial charge on any atom is -0.376 e. The van der Waals surface area contributed by atoms with Crippen molar-refractivity contribution in [2.45, 2.75) is 25.4 Å². The van der Waals surface area contributed by atoms with E-state index in [2.05, 4.69) is 5.32 Å². The maximum absolute atomic E-state index is 13.2. The Balaban J connectivity index is 2.19. The molecule has 6 nitrogen and oxygen atoms in total. The predicted octanol–water partition coefficient (Wildman–Crippen LogP) is 3.64. The van der Waals surface area contributed by atoms with E-state index in [1.54, 1.807) is 23.1 Å². The van der Waals surface area contributed by atoms with Gasteiger partial charge in [0.05, 0.1) is 21.8 Å². The Labute approximate surface area is 138 Å². The lowest BCUT2D eigenvalue weighted by molar-refractivity contribution is -0.384. The van der Waals surface area contributed by atoms with Gasteiger partial charge in [0.25, 0.3) is 5.69 Å². The Morgan fingerprint density at radius 3 is 2.50 bits per heavy atom. The predicted molar refractivity (Wildman–Crippen MR) is 89.2 cm³/mol. The molecule has 1 N–H and O–H groups in total. The molecule has 2 aromatic rings. The molecule has 7 heteroatoms. The number of nitro groups is 1. The van der Waals surface area contributed by atoms with Gasteiger partial charge in [-0.2, -0.15) is 0 Å². The Morgan fingerprint density at radius 1 is 1.25 bits per heavy atom. The number of non-ortho nitro benzene ring substituents is 1. The van der Waals surface area contributed by atoms with E-state index in [0.717, 1.165) is 6.29 Å². The lowest BCUT2D eigenvalue weighted by atomic mass is 9.89. The Hall–Kier alpha value is -2.96. The molecular formula is C17H16FN3O3. The zero-order valence-corrected chi connectivity index (χ0v) is 13.2. The van der Waals surface area contributed by atoms with E-state index in [1.165, 1.54) is 24.3 Å². The molecule has 0 aromatic heterocycles. The summed E-state index contributed by atoms with van der Waals surface area (Å²) < 4.78 is 13.2. The van der Waals surface area contributed by atoms with Crippen LogP contribution >= 0.6 is 0 Å². The molecule has 24 heavy (non-hydrogen) atoms. The number of halogens is 1. The highest BCUT2D eigenvalue weighted by molar-refractivity contribution is 5.88.